The van der Waals surface area contributed by atoms with Crippen molar-refractivity contribution in [3.63, 3.8) is 0 Å². The van der Waals surface area contributed by atoms with E-state index in [0.717, 1.165) is 0 Å². The van der Waals surface area contributed by atoms with E-state index < -0.39 is 6.03 Å². The Morgan fingerprint density at radius 1 is 1.12 bits per heavy atom. The lowest BCUT2D eigenvalue weighted by Gasteiger charge is -2.07. The molecule has 7 heteroatoms. The van der Waals surface area contributed by atoms with Gasteiger partial charge in [0.25, 0.3) is 0 Å². The molecule has 1 heterocycles. The second kappa shape index (κ2) is 7.48. The van der Waals surface area contributed by atoms with Gasteiger partial charge in [-0.15, -0.1) is 0 Å². The van der Waals surface area contributed by atoms with Crippen LogP contribution in [0.3, 0.4) is 0 Å². The van der Waals surface area contributed by atoms with Crippen molar-refractivity contribution in [2.45, 2.75) is 6.54 Å². The predicted molar refractivity (Wildman–Crippen MR) is 93.4 cm³/mol. The standard InChI is InChI=1S/C18H17FN4O2/c1-25-15-8-6-14(7-9-15)20-18(24)21-17-10-11-23(22-17)12-13-4-2-3-5-16(13)19/h2-11H,12H2,1H3,(H2,20,21,22,24). The van der Waals surface area contributed by atoms with E-state index in [2.05, 4.69) is 15.7 Å². The van der Waals surface area contributed by atoms with Gasteiger partial charge >= 0.3 is 6.03 Å². The number of hydrogen-bond acceptors (Lipinski definition) is 3. The molecular weight excluding hydrogens is 323 g/mol. The van der Waals surface area contributed by atoms with Crippen molar-refractivity contribution in [3.8, 4) is 5.75 Å². The van der Waals surface area contributed by atoms with Crippen molar-refractivity contribution < 1.29 is 13.9 Å². The maximum absolute atomic E-state index is 13.7. The highest BCUT2D eigenvalue weighted by Crippen LogP contribution is 2.15. The minimum Gasteiger partial charge on any atom is -0.497 e. The number of methoxy groups -OCH3 is 1. The first-order chi connectivity index (χ1) is 12.1. The second-order valence-electron chi connectivity index (χ2n) is 5.30. The lowest BCUT2D eigenvalue weighted by atomic mass is 10.2. The van der Waals surface area contributed by atoms with Gasteiger partial charge in [-0.1, -0.05) is 18.2 Å². The highest BCUT2D eigenvalue weighted by atomic mass is 19.1. The predicted octanol–water partition coefficient (Wildman–Crippen LogP) is 3.72. The third kappa shape index (κ3) is 4.35. The van der Waals surface area contributed by atoms with Crippen LogP contribution in [-0.2, 0) is 6.54 Å². The van der Waals surface area contributed by atoms with Crippen LogP contribution >= 0.6 is 0 Å². The summed E-state index contributed by atoms with van der Waals surface area (Å²) in [6.07, 6.45) is 1.68. The van der Waals surface area contributed by atoms with Gasteiger partial charge in [-0.3, -0.25) is 10.00 Å². The number of carbonyl (C=O) groups is 1. The van der Waals surface area contributed by atoms with Crippen molar-refractivity contribution in [2.24, 2.45) is 0 Å². The van der Waals surface area contributed by atoms with Gasteiger partial charge in [-0.05, 0) is 30.3 Å². The Bertz CT molecular complexity index is 862. The number of urea groups is 1. The number of carbonyl (C=O) groups excluding carboxylic acids is 1. The lowest BCUT2D eigenvalue weighted by Crippen LogP contribution is -2.19. The summed E-state index contributed by atoms with van der Waals surface area (Å²) in [6.45, 7) is 0.286. The Balaban J connectivity index is 1.58. The van der Waals surface area contributed by atoms with Gasteiger partial charge < -0.3 is 10.1 Å². The molecule has 0 aliphatic carbocycles. The number of aromatic nitrogens is 2. The quantitative estimate of drug-likeness (QED) is 0.744. The molecule has 1 aromatic heterocycles. The van der Waals surface area contributed by atoms with Crippen LogP contribution in [0.4, 0.5) is 20.7 Å². The highest BCUT2D eigenvalue weighted by molar-refractivity contribution is 5.99. The minimum absolute atomic E-state index is 0.286. The molecule has 0 aliphatic rings. The maximum Gasteiger partial charge on any atom is 0.324 e. The van der Waals surface area contributed by atoms with E-state index >= 15 is 0 Å². The Hall–Kier alpha value is -3.35. The average molecular weight is 340 g/mol. The minimum atomic E-state index is -0.415. The van der Waals surface area contributed by atoms with E-state index in [1.54, 1.807) is 66.5 Å². The van der Waals surface area contributed by atoms with Crippen LogP contribution in [-0.4, -0.2) is 22.9 Å². The van der Waals surface area contributed by atoms with Crippen LogP contribution < -0.4 is 15.4 Å². The fourth-order valence-electron chi connectivity index (χ4n) is 2.27. The molecule has 128 valence electrons. The summed E-state index contributed by atoms with van der Waals surface area (Å²) < 4.78 is 20.3. The summed E-state index contributed by atoms with van der Waals surface area (Å²) in [5, 5.41) is 9.54. The molecule has 25 heavy (non-hydrogen) atoms. The van der Waals surface area contributed by atoms with E-state index in [1.165, 1.54) is 6.07 Å². The Labute approximate surface area is 144 Å². The van der Waals surface area contributed by atoms with Crippen LogP contribution in [0.5, 0.6) is 5.75 Å². The van der Waals surface area contributed by atoms with Gasteiger partial charge in [-0.2, -0.15) is 5.10 Å². The van der Waals surface area contributed by atoms with E-state index in [-0.39, 0.29) is 12.4 Å². The highest BCUT2D eigenvalue weighted by Gasteiger charge is 2.07. The lowest BCUT2D eigenvalue weighted by molar-refractivity contribution is 0.262. The SMILES string of the molecule is COc1ccc(NC(=O)Nc2ccn(Cc3ccccc3F)n2)cc1. The zero-order chi connectivity index (χ0) is 17.6. The van der Waals surface area contributed by atoms with Crippen molar-refractivity contribution in [2.75, 3.05) is 17.7 Å². The molecule has 0 saturated heterocycles. The van der Waals surface area contributed by atoms with Gasteiger partial charge in [0.2, 0.25) is 0 Å². The van der Waals surface area contributed by atoms with E-state index in [4.69, 9.17) is 4.74 Å². The van der Waals surface area contributed by atoms with Crippen LogP contribution in [0.2, 0.25) is 0 Å². The van der Waals surface area contributed by atoms with Crippen LogP contribution in [0.1, 0.15) is 5.56 Å². The summed E-state index contributed by atoms with van der Waals surface area (Å²) in [5.41, 5.74) is 1.16. The van der Waals surface area contributed by atoms with E-state index in [9.17, 15) is 9.18 Å². The molecule has 6 nitrogen and oxygen atoms in total. The Kier molecular flexibility index (Phi) is 4.94. The molecule has 0 aliphatic heterocycles. The number of benzene rings is 2. The van der Waals surface area contributed by atoms with Crippen molar-refractivity contribution in [1.29, 1.82) is 0 Å². The number of amides is 2. The number of nitrogens with one attached hydrogen (secondary N) is 2. The first-order valence-corrected chi connectivity index (χ1v) is 7.63. The fourth-order valence-corrected chi connectivity index (χ4v) is 2.27. The van der Waals surface area contributed by atoms with Gasteiger partial charge in [0.05, 0.1) is 13.7 Å². The molecule has 3 rings (SSSR count). The summed E-state index contributed by atoms with van der Waals surface area (Å²) in [4.78, 5) is 12.0. The number of anilines is 2. The van der Waals surface area contributed by atoms with E-state index in [0.29, 0.717) is 22.8 Å². The van der Waals surface area contributed by atoms with Gasteiger partial charge in [0.1, 0.15) is 11.6 Å². The van der Waals surface area contributed by atoms with Crippen LogP contribution in [0, 0.1) is 5.82 Å². The zero-order valence-electron chi connectivity index (χ0n) is 13.6. The topological polar surface area (TPSA) is 68.2 Å². The molecule has 0 saturated carbocycles. The number of halogens is 1. The first kappa shape index (κ1) is 16.5. The van der Waals surface area contributed by atoms with Crippen LogP contribution in [0.15, 0.2) is 60.8 Å². The van der Waals surface area contributed by atoms with Gasteiger partial charge in [-0.25, -0.2) is 9.18 Å². The van der Waals surface area contributed by atoms with Gasteiger partial charge in [0.15, 0.2) is 5.82 Å². The van der Waals surface area contributed by atoms with Crippen molar-refractivity contribution in [3.05, 3.63) is 72.2 Å². The number of nitrogens with zero attached hydrogens (tertiary/aromatic N) is 2. The summed E-state index contributed by atoms with van der Waals surface area (Å²) in [6, 6.07) is 14.7. The first-order valence-electron chi connectivity index (χ1n) is 7.63. The fraction of sp³-hybridized carbons (Fsp3) is 0.111. The third-order valence-electron chi connectivity index (χ3n) is 3.52. The molecular formula is C18H17FN4O2. The molecule has 2 amide bonds. The van der Waals surface area contributed by atoms with Crippen molar-refractivity contribution >= 4 is 17.5 Å². The maximum atomic E-state index is 13.7. The van der Waals surface area contributed by atoms with Crippen molar-refractivity contribution in [1.82, 2.24) is 9.78 Å². The molecule has 3 aromatic rings. The molecule has 0 unspecified atom stereocenters. The summed E-state index contributed by atoms with van der Waals surface area (Å²) >= 11 is 0. The van der Waals surface area contributed by atoms with E-state index in [1.807, 2.05) is 0 Å². The van der Waals surface area contributed by atoms with Gasteiger partial charge in [0, 0.05) is 23.5 Å². The number of rotatable bonds is 5. The largest absolute Gasteiger partial charge is 0.497 e. The summed E-state index contributed by atoms with van der Waals surface area (Å²) in [5.74, 6) is 0.796. The second-order valence-corrected chi connectivity index (χ2v) is 5.30. The Morgan fingerprint density at radius 2 is 1.88 bits per heavy atom. The molecule has 0 atom stereocenters. The molecule has 0 fully saturated rings. The molecule has 0 bridgehead atoms. The van der Waals surface area contributed by atoms with Crippen LogP contribution in [0.25, 0.3) is 0 Å². The molecule has 0 spiro atoms. The number of ether oxygens (including phenoxy) is 1. The third-order valence-corrected chi connectivity index (χ3v) is 3.52. The zero-order valence-corrected chi connectivity index (χ0v) is 13.6. The molecule has 0 radical (unpaired) electrons. The molecule has 2 N–H and O–H groups in total. The Morgan fingerprint density at radius 3 is 2.60 bits per heavy atom. The average Bonchev–Trinajstić information content (AvgIpc) is 3.04. The smallest absolute Gasteiger partial charge is 0.324 e. The monoisotopic (exact) mass is 340 g/mol. The summed E-state index contributed by atoms with van der Waals surface area (Å²) in [7, 11) is 1.58. The normalized spacial score (nSPS) is 10.3. The number of hydrogen-bond donors (Lipinski definition) is 2. The molecule has 2 aromatic carbocycles.